The minimum Gasteiger partial charge on any atom is -0.343 e. The Hall–Kier alpha value is -3.54. The number of rotatable bonds is 10. The topological polar surface area (TPSA) is 149 Å². The van der Waals surface area contributed by atoms with Crippen molar-refractivity contribution >= 4 is 28.4 Å². The molecule has 1 unspecified atom stereocenters. The van der Waals surface area contributed by atoms with Crippen molar-refractivity contribution in [1.29, 1.82) is 0 Å². The second kappa shape index (κ2) is 11.9. The molecule has 8 nitrogen and oxygen atoms in total. The first-order chi connectivity index (χ1) is 17.1. The van der Waals surface area contributed by atoms with Crippen molar-refractivity contribution in [3.8, 4) is 0 Å². The summed E-state index contributed by atoms with van der Waals surface area (Å²) in [5.74, 6) is -1.33. The SMILES string of the molecule is NCC(CN)CC(N)C(=O)N[C@@H](Cc1ccc(C(F)(F)F)cc1)C(=O)Nc1cnc2ccccc2c1. The van der Waals surface area contributed by atoms with Gasteiger partial charge in [0.15, 0.2) is 0 Å². The Kier molecular flexibility index (Phi) is 8.97. The highest BCUT2D eigenvalue weighted by Crippen LogP contribution is 2.29. The van der Waals surface area contributed by atoms with E-state index in [1.807, 2.05) is 24.3 Å². The first kappa shape index (κ1) is 27.1. The van der Waals surface area contributed by atoms with Gasteiger partial charge in [-0.15, -0.1) is 0 Å². The minimum atomic E-state index is -4.48. The van der Waals surface area contributed by atoms with Crippen LogP contribution in [0.3, 0.4) is 0 Å². The maximum absolute atomic E-state index is 13.2. The van der Waals surface area contributed by atoms with Crippen molar-refractivity contribution < 1.29 is 22.8 Å². The number of carbonyl (C=O) groups is 2. The van der Waals surface area contributed by atoms with Gasteiger partial charge in [0.05, 0.1) is 29.0 Å². The fourth-order valence-electron chi connectivity index (χ4n) is 3.68. The molecule has 0 saturated carbocycles. The van der Waals surface area contributed by atoms with Gasteiger partial charge in [0.2, 0.25) is 11.8 Å². The van der Waals surface area contributed by atoms with Gasteiger partial charge in [0, 0.05) is 11.8 Å². The molecule has 3 aromatic rings. The monoisotopic (exact) mass is 502 g/mol. The highest BCUT2D eigenvalue weighted by Gasteiger charge is 2.30. The van der Waals surface area contributed by atoms with Crippen LogP contribution in [0.25, 0.3) is 10.9 Å². The van der Waals surface area contributed by atoms with E-state index in [2.05, 4.69) is 15.6 Å². The van der Waals surface area contributed by atoms with Gasteiger partial charge in [-0.25, -0.2) is 0 Å². The molecule has 2 atom stereocenters. The molecule has 0 aliphatic carbocycles. The number of alkyl halides is 3. The minimum absolute atomic E-state index is 0.0549. The number of carbonyl (C=O) groups excluding carboxylic acids is 2. The lowest BCUT2D eigenvalue weighted by atomic mass is 9.99. The number of fused-ring (bicyclic) bond motifs is 1. The predicted octanol–water partition coefficient (Wildman–Crippen LogP) is 2.17. The van der Waals surface area contributed by atoms with E-state index in [0.29, 0.717) is 11.3 Å². The second-order valence-electron chi connectivity index (χ2n) is 8.55. The van der Waals surface area contributed by atoms with E-state index in [1.54, 1.807) is 6.07 Å². The highest BCUT2D eigenvalue weighted by molar-refractivity contribution is 5.99. The molecule has 1 heterocycles. The van der Waals surface area contributed by atoms with Crippen LogP contribution < -0.4 is 27.8 Å². The lowest BCUT2D eigenvalue weighted by Gasteiger charge is -2.23. The van der Waals surface area contributed by atoms with Crippen LogP contribution >= 0.6 is 0 Å². The highest BCUT2D eigenvalue weighted by atomic mass is 19.4. The summed E-state index contributed by atoms with van der Waals surface area (Å²) < 4.78 is 38.8. The van der Waals surface area contributed by atoms with E-state index < -0.39 is 35.6 Å². The molecule has 0 aliphatic rings. The third-order valence-electron chi connectivity index (χ3n) is 5.80. The van der Waals surface area contributed by atoms with Gasteiger partial charge < -0.3 is 27.8 Å². The van der Waals surface area contributed by atoms with E-state index in [0.717, 1.165) is 23.0 Å². The smallest absolute Gasteiger partial charge is 0.343 e. The number of hydrogen-bond donors (Lipinski definition) is 5. The Balaban J connectivity index is 1.79. The molecule has 192 valence electrons. The molecule has 11 heteroatoms. The average Bonchev–Trinajstić information content (AvgIpc) is 2.86. The molecule has 2 amide bonds. The largest absolute Gasteiger partial charge is 0.416 e. The van der Waals surface area contributed by atoms with Crippen LogP contribution in [0.5, 0.6) is 0 Å². The first-order valence-electron chi connectivity index (χ1n) is 11.4. The van der Waals surface area contributed by atoms with Gasteiger partial charge in [-0.2, -0.15) is 13.2 Å². The molecule has 0 bridgehead atoms. The summed E-state index contributed by atoms with van der Waals surface area (Å²) in [6.07, 6.45) is -2.83. The molecule has 0 saturated heterocycles. The molecule has 0 radical (unpaired) electrons. The Morgan fingerprint density at radius 3 is 2.28 bits per heavy atom. The number of pyridine rings is 1. The van der Waals surface area contributed by atoms with Crippen LogP contribution in [0.2, 0.25) is 0 Å². The number of amides is 2. The second-order valence-corrected chi connectivity index (χ2v) is 8.55. The van der Waals surface area contributed by atoms with Crippen molar-refractivity contribution in [2.75, 3.05) is 18.4 Å². The number of nitrogens with two attached hydrogens (primary N) is 3. The van der Waals surface area contributed by atoms with Crippen LogP contribution in [0.4, 0.5) is 18.9 Å². The molecule has 2 aromatic carbocycles. The molecule has 0 fully saturated rings. The van der Waals surface area contributed by atoms with Crippen LogP contribution in [0.15, 0.2) is 60.8 Å². The Bertz CT molecular complexity index is 1180. The Morgan fingerprint density at radius 2 is 1.64 bits per heavy atom. The number of anilines is 1. The molecule has 36 heavy (non-hydrogen) atoms. The summed E-state index contributed by atoms with van der Waals surface area (Å²) in [7, 11) is 0. The summed E-state index contributed by atoms with van der Waals surface area (Å²) >= 11 is 0. The zero-order valence-electron chi connectivity index (χ0n) is 19.5. The Morgan fingerprint density at radius 1 is 0.972 bits per heavy atom. The summed E-state index contributed by atoms with van der Waals surface area (Å²) in [4.78, 5) is 30.2. The number of aromatic nitrogens is 1. The van der Waals surface area contributed by atoms with E-state index in [9.17, 15) is 22.8 Å². The summed E-state index contributed by atoms with van der Waals surface area (Å²) in [5, 5.41) is 6.14. The zero-order chi connectivity index (χ0) is 26.3. The van der Waals surface area contributed by atoms with Crippen LogP contribution in [0.1, 0.15) is 17.5 Å². The summed E-state index contributed by atoms with van der Waals surface area (Å²) in [5.41, 5.74) is 18.0. The fourth-order valence-corrected chi connectivity index (χ4v) is 3.68. The van der Waals surface area contributed by atoms with Crippen molar-refractivity contribution in [3.63, 3.8) is 0 Å². The normalized spacial score (nSPS) is 13.4. The number of nitrogens with one attached hydrogen (secondary N) is 2. The fraction of sp³-hybridized carbons (Fsp3) is 0.320. The van der Waals surface area contributed by atoms with Crippen molar-refractivity contribution in [1.82, 2.24) is 10.3 Å². The van der Waals surface area contributed by atoms with Crippen molar-refractivity contribution in [2.24, 2.45) is 23.1 Å². The number of halogens is 3. The molecule has 0 spiro atoms. The number of para-hydroxylation sites is 1. The van der Waals surface area contributed by atoms with Crippen molar-refractivity contribution in [2.45, 2.75) is 31.1 Å². The van der Waals surface area contributed by atoms with E-state index in [1.165, 1.54) is 18.3 Å². The maximum Gasteiger partial charge on any atom is 0.416 e. The third-order valence-corrected chi connectivity index (χ3v) is 5.80. The van der Waals surface area contributed by atoms with Gasteiger partial charge in [-0.05, 0) is 55.3 Å². The lowest BCUT2D eigenvalue weighted by Crippen LogP contribution is -2.51. The molecular weight excluding hydrogens is 473 g/mol. The van der Waals surface area contributed by atoms with E-state index in [-0.39, 0.29) is 31.8 Å². The van der Waals surface area contributed by atoms with Gasteiger partial charge in [-0.1, -0.05) is 30.3 Å². The van der Waals surface area contributed by atoms with Crippen LogP contribution in [-0.4, -0.2) is 42.0 Å². The average molecular weight is 503 g/mol. The van der Waals surface area contributed by atoms with Crippen molar-refractivity contribution in [3.05, 3.63) is 71.9 Å². The number of nitrogens with zero attached hydrogens (tertiary/aromatic N) is 1. The lowest BCUT2D eigenvalue weighted by molar-refractivity contribution is -0.137. The number of hydrogen-bond acceptors (Lipinski definition) is 6. The summed E-state index contributed by atoms with van der Waals surface area (Å²) in [6.45, 7) is 0.504. The zero-order valence-corrected chi connectivity index (χ0v) is 19.5. The van der Waals surface area contributed by atoms with E-state index >= 15 is 0 Å². The van der Waals surface area contributed by atoms with Gasteiger partial charge in [0.25, 0.3) is 0 Å². The standard InChI is InChI=1S/C25H29F3N6O2/c26-25(27,28)18-7-5-15(6-8-18)10-22(34-23(35)20(31)9-16(12-29)13-30)24(36)33-19-11-17-3-1-2-4-21(17)32-14-19/h1-8,11,14,16,20,22H,9-10,12-13,29-31H2,(H,33,36)(H,34,35)/t20?,22-/m0/s1. The van der Waals surface area contributed by atoms with Crippen LogP contribution in [0, 0.1) is 5.92 Å². The predicted molar refractivity (Wildman–Crippen MR) is 132 cm³/mol. The van der Waals surface area contributed by atoms with E-state index in [4.69, 9.17) is 17.2 Å². The first-order valence-corrected chi connectivity index (χ1v) is 11.4. The third kappa shape index (κ3) is 7.23. The quantitative estimate of drug-likeness (QED) is 0.287. The molecule has 1 aromatic heterocycles. The maximum atomic E-state index is 13.2. The van der Waals surface area contributed by atoms with Gasteiger partial charge in [0.1, 0.15) is 6.04 Å². The van der Waals surface area contributed by atoms with Gasteiger partial charge in [-0.3, -0.25) is 14.6 Å². The van der Waals surface area contributed by atoms with Crippen LogP contribution in [-0.2, 0) is 22.2 Å². The molecular formula is C25H29F3N6O2. The molecule has 8 N–H and O–H groups in total. The van der Waals surface area contributed by atoms with Gasteiger partial charge >= 0.3 is 6.18 Å². The Labute approximate surface area is 206 Å². The molecule has 3 rings (SSSR count). The summed E-state index contributed by atoms with van der Waals surface area (Å²) in [6, 6.07) is 11.4. The molecule has 0 aliphatic heterocycles. The number of benzene rings is 2.